The Kier molecular flexibility index (Phi) is 25.8. The molecule has 6 unspecified atom stereocenters. The Morgan fingerprint density at radius 1 is 0.638 bits per heavy atom. The Balaban J connectivity index is 1.05. The minimum atomic E-state index is -1.91. The number of carboxylic acids is 1. The number of carbonyl (C=O) groups excluding carboxylic acids is 9. The molecule has 9 amide bonds. The first-order valence-electron chi connectivity index (χ1n) is 32.1. The topological polar surface area (TPSA) is 524 Å². The molecule has 0 radical (unpaired) electrons. The quantitative estimate of drug-likeness (QED) is 0.0199. The normalized spacial score (nSPS) is 22.5. The number of nitrogens with two attached hydrogens (primary N) is 7. The summed E-state index contributed by atoms with van der Waals surface area (Å²) in [7, 11) is 0. The largest absolute Gasteiger partial charge is 0.480 e. The first-order valence-corrected chi connectivity index (χ1v) is 32.1. The lowest BCUT2D eigenvalue weighted by atomic mass is 9.84. The smallest absolute Gasteiger partial charge is 0.326 e. The van der Waals surface area contributed by atoms with Crippen molar-refractivity contribution in [2.75, 3.05) is 45.9 Å². The molecule has 0 spiro atoms. The van der Waals surface area contributed by atoms with E-state index < -0.39 is 138 Å². The number of likely N-dealkylation sites (tertiary alicyclic amines) is 3. The van der Waals surface area contributed by atoms with Gasteiger partial charge in [0.1, 0.15) is 47.8 Å². The van der Waals surface area contributed by atoms with Gasteiger partial charge in [-0.25, -0.2) is 4.79 Å². The van der Waals surface area contributed by atoms with Crippen LogP contribution in [0.5, 0.6) is 0 Å². The summed E-state index contributed by atoms with van der Waals surface area (Å²) in [6, 6.07) is 5.36. The van der Waals surface area contributed by atoms with E-state index in [0.717, 1.165) is 23.3 Å². The van der Waals surface area contributed by atoms with Gasteiger partial charge in [-0.2, -0.15) is 0 Å². The highest BCUT2D eigenvalue weighted by atomic mass is 16.4. The molecular formula is C62H93N19O13. The number of rotatable bonds is 30. The maximum Gasteiger partial charge on any atom is 0.326 e. The Hall–Kier alpha value is -9.17. The van der Waals surface area contributed by atoms with Crippen molar-refractivity contribution in [3.63, 3.8) is 0 Å². The van der Waals surface area contributed by atoms with E-state index in [4.69, 9.17) is 40.1 Å². The second-order valence-corrected chi connectivity index (χ2v) is 25.0. The fourth-order valence-electron chi connectivity index (χ4n) is 13.4. The van der Waals surface area contributed by atoms with Gasteiger partial charge >= 0.3 is 5.97 Å². The van der Waals surface area contributed by atoms with Crippen molar-refractivity contribution in [2.45, 2.75) is 182 Å². The van der Waals surface area contributed by atoms with Crippen LogP contribution >= 0.6 is 0 Å². The third-order valence-corrected chi connectivity index (χ3v) is 18.1. The molecule has 1 saturated carbocycles. The monoisotopic (exact) mass is 1310 g/mol. The predicted octanol–water partition coefficient (Wildman–Crippen LogP) is -4.69. The van der Waals surface area contributed by atoms with Crippen molar-refractivity contribution in [3.8, 4) is 0 Å². The molecular weight excluding hydrogens is 1220 g/mol. The molecule has 5 aliphatic rings. The van der Waals surface area contributed by atoms with Gasteiger partial charge in [0.15, 0.2) is 17.9 Å². The van der Waals surface area contributed by atoms with Gasteiger partial charge < -0.3 is 102 Å². The molecule has 2 aromatic rings. The number of aliphatic hydroxyl groups is 2. The number of benzene rings is 2. The number of nitrogens with one attached hydrogen (secondary N) is 5. The van der Waals surface area contributed by atoms with E-state index in [2.05, 4.69) is 41.6 Å². The maximum atomic E-state index is 15.4. The van der Waals surface area contributed by atoms with Gasteiger partial charge in [0.2, 0.25) is 53.2 Å². The van der Waals surface area contributed by atoms with Gasteiger partial charge in [-0.1, -0.05) is 67.4 Å². The Morgan fingerprint density at radius 3 is 1.88 bits per heavy atom. The summed E-state index contributed by atoms with van der Waals surface area (Å²) in [5.74, 6) is -8.44. The summed E-state index contributed by atoms with van der Waals surface area (Å²) >= 11 is 0. The maximum absolute atomic E-state index is 15.4. The van der Waals surface area contributed by atoms with Crippen molar-refractivity contribution in [3.05, 3.63) is 71.3 Å². The van der Waals surface area contributed by atoms with Gasteiger partial charge in [0, 0.05) is 64.6 Å². The molecule has 2 aromatic carbocycles. The molecule has 94 heavy (non-hydrogen) atoms. The van der Waals surface area contributed by atoms with Crippen LogP contribution in [0, 0.1) is 5.92 Å². The van der Waals surface area contributed by atoms with Crippen LogP contribution < -0.4 is 66.7 Å². The molecule has 4 fully saturated rings. The zero-order chi connectivity index (χ0) is 68.4. The van der Waals surface area contributed by atoms with Crippen molar-refractivity contribution >= 4 is 77.0 Å². The molecule has 7 rings (SSSR count). The first-order chi connectivity index (χ1) is 44.8. The number of fused-ring (bicyclic) bond motifs is 2. The summed E-state index contributed by atoms with van der Waals surface area (Å²) in [6.07, 6.45) is 3.26. The number of aliphatic imine (C=N–C) groups is 3. The van der Waals surface area contributed by atoms with E-state index in [0.29, 0.717) is 36.8 Å². The Labute approximate surface area is 545 Å². The number of hydrogen-bond acceptors (Lipinski definition) is 16. The highest BCUT2D eigenvalue weighted by molar-refractivity contribution is 6.00. The third-order valence-electron chi connectivity index (χ3n) is 18.1. The van der Waals surface area contributed by atoms with Crippen LogP contribution in [0.3, 0.4) is 0 Å². The van der Waals surface area contributed by atoms with Gasteiger partial charge in [0.05, 0.1) is 25.3 Å². The van der Waals surface area contributed by atoms with Gasteiger partial charge in [0.25, 0.3) is 0 Å². The number of guanidine groups is 3. The van der Waals surface area contributed by atoms with Gasteiger partial charge in [-0.15, -0.1) is 0 Å². The molecule has 4 aliphatic heterocycles. The summed E-state index contributed by atoms with van der Waals surface area (Å²) in [6.45, 7) is -0.141. The number of nitrogens with zero attached hydrogens (tertiary/aromatic N) is 7. The molecule has 32 nitrogen and oxygen atoms in total. The Morgan fingerprint density at radius 2 is 1.24 bits per heavy atom. The lowest BCUT2D eigenvalue weighted by molar-refractivity contribution is -0.154. The van der Waals surface area contributed by atoms with E-state index in [1.54, 1.807) is 48.5 Å². The van der Waals surface area contributed by atoms with Crippen LogP contribution in [0.2, 0.25) is 0 Å². The first kappa shape index (κ1) is 72.3. The highest BCUT2D eigenvalue weighted by Gasteiger charge is 2.52. The summed E-state index contributed by atoms with van der Waals surface area (Å²) < 4.78 is 0. The zero-order valence-electron chi connectivity index (χ0n) is 53.1. The number of aliphatic carboxylic acids is 1. The highest BCUT2D eigenvalue weighted by Crippen LogP contribution is 2.41. The summed E-state index contributed by atoms with van der Waals surface area (Å²) in [4.78, 5) is 160. The van der Waals surface area contributed by atoms with Crippen LogP contribution in [0.15, 0.2) is 69.6 Å². The van der Waals surface area contributed by atoms with Crippen molar-refractivity contribution < 1.29 is 63.3 Å². The lowest BCUT2D eigenvalue weighted by Gasteiger charge is -2.42. The number of carboxylic acid groups (broad SMARTS) is 1. The SMILES string of the molecule is C[C@@](Cc1ccccc1)(NC(=O)CNC(=O)C1CC(O)CN1C(=O)C1CCCN1C(=O)[C@H](CCCN=C(N)N)NC(=O)[C@H](N)CCCN=C(N)N)C(=O)N[C@@H](CO)C(=O)N1Cc2ccccc2CC1C(=O)N1C2CCCCC2C[C@@H]1C(=O)N[C@@H](CCCN=C(N)N)C(=O)O. The predicted molar refractivity (Wildman–Crippen MR) is 344 cm³/mol. The van der Waals surface area contributed by atoms with Crippen molar-refractivity contribution in [1.29, 1.82) is 0 Å². The van der Waals surface area contributed by atoms with Gasteiger partial charge in [-0.05, 0) is 100 Å². The van der Waals surface area contributed by atoms with E-state index >= 15 is 9.59 Å². The molecule has 0 aromatic heterocycles. The van der Waals surface area contributed by atoms with Gasteiger partial charge in [-0.3, -0.25) is 58.1 Å². The van der Waals surface area contributed by atoms with Crippen molar-refractivity contribution in [1.82, 2.24) is 46.2 Å². The second kappa shape index (κ2) is 33.6. The average molecular weight is 1310 g/mol. The lowest BCUT2D eigenvalue weighted by Crippen LogP contribution is -2.65. The van der Waals surface area contributed by atoms with Crippen LogP contribution in [-0.2, 0) is 67.3 Å². The molecule has 0 bridgehead atoms. The standard InChI is InChI=1S/C62H93N19O13/c1-62(30-35-13-3-2-4-14-35,77-49(84)31-73-51(86)46-29-39(83)33-80(46)55(90)45-22-12-26-78(45)53(88)41(19-10-24-71-60(66)67)74-50(85)40(63)18-9-23-70-59(64)65)58(94)76-43(34-82)54(89)79-32-38-17-6-5-15-36(38)27-48(79)56(91)81-44-21-8-7-16-37(44)28-47(81)52(87)75-42(57(92)93)20-11-25-72-61(68)69/h2-6,13-15,17,37,39-48,82-83H,7-12,16,18-34,63H2,1H3,(H,73,86)(H,74,85)(H,75,87)(H,76,94)(H,77,84)(H,92,93)(H4,64,65,70)(H4,66,67,71)(H4,68,69,72)/t37?,39?,40-,41+,42+,43+,44?,45?,46?,47-,48?,62+/m1/s1. The molecule has 3 saturated heterocycles. The van der Waals surface area contributed by atoms with E-state index in [1.165, 1.54) is 21.6 Å². The number of hydrogen-bond donors (Lipinski definition) is 15. The number of carbonyl (C=O) groups is 10. The number of amides is 9. The fourth-order valence-corrected chi connectivity index (χ4v) is 13.4. The number of aliphatic hydroxyl groups excluding tert-OH is 2. The van der Waals surface area contributed by atoms with Crippen LogP contribution in [-0.4, -0.2) is 224 Å². The second-order valence-electron chi connectivity index (χ2n) is 25.0. The van der Waals surface area contributed by atoms with Crippen LogP contribution in [0.1, 0.15) is 114 Å². The van der Waals surface area contributed by atoms with E-state index in [1.807, 2.05) is 6.07 Å². The molecule has 22 N–H and O–H groups in total. The molecule has 4 heterocycles. The Bertz CT molecular complexity index is 3140. The zero-order valence-corrected chi connectivity index (χ0v) is 53.1. The minimum absolute atomic E-state index is 0.00215. The van der Waals surface area contributed by atoms with Crippen LogP contribution in [0.25, 0.3) is 0 Å². The van der Waals surface area contributed by atoms with E-state index in [9.17, 15) is 53.7 Å². The molecule has 1 aliphatic carbocycles. The van der Waals surface area contributed by atoms with Crippen molar-refractivity contribution in [2.24, 2.45) is 61.0 Å². The molecule has 12 atom stereocenters. The third kappa shape index (κ3) is 19.0. The average Bonchev–Trinajstić information content (AvgIpc) is 1.46. The molecule has 32 heteroatoms. The molecule has 514 valence electrons. The fraction of sp³-hybridized carbons (Fsp3) is 0.597. The number of β-amino-alcohol motifs (C(OH)–C–C–N with tert-alkyl or cyclic N) is 1. The van der Waals surface area contributed by atoms with E-state index in [-0.39, 0.29) is 127 Å². The summed E-state index contributed by atoms with van der Waals surface area (Å²) in [5.41, 5.74) is 39.0. The van der Waals surface area contributed by atoms with Crippen LogP contribution in [0.4, 0.5) is 0 Å². The summed E-state index contributed by atoms with van der Waals surface area (Å²) in [5, 5.41) is 45.3. The minimum Gasteiger partial charge on any atom is -0.480 e.